The molecule has 3 atom stereocenters. The van der Waals surface area contributed by atoms with Gasteiger partial charge in [-0.25, -0.2) is 18.2 Å². The lowest BCUT2D eigenvalue weighted by atomic mass is 9.84. The number of amides is 2. The standard InChI is InChI=1S/C45H50ClF3N10O4/c1-23(58-14-12-25(13-15-58)29-20-35-31(19-33(29)47)37(55-57(35)3)28-7-9-36(60)52-42(28)61)24-10-16-59(17-11-24)44-50-21-32(46)41(54-44)51-27-6-8-34-30(18-27)38-39(43(62)56(34)2)63-22-45(48,49)40(53-38)26-4-5-26/h6,8,18-21,23-26,28,40,53H,4-5,7,9-17,22H2,1-3H3,(H,50,51,54)(H,52,60,61). The lowest BCUT2D eigenvalue weighted by Gasteiger charge is -2.42. The molecule has 7 heterocycles. The Morgan fingerprint density at radius 3 is 2.44 bits per heavy atom. The van der Waals surface area contributed by atoms with Crippen LogP contribution in [0.3, 0.4) is 0 Å². The average Bonchev–Trinajstić information content (AvgIpc) is 4.08. The number of hydrogen-bond donors (Lipinski definition) is 3. The number of piperidine rings is 3. The van der Waals surface area contributed by atoms with E-state index in [4.69, 9.17) is 21.3 Å². The molecule has 3 unspecified atom stereocenters. The smallest absolute Gasteiger partial charge is 0.301 e. The van der Waals surface area contributed by atoms with Gasteiger partial charge in [0.2, 0.25) is 23.5 Å². The van der Waals surface area contributed by atoms with Crippen molar-refractivity contribution >= 4 is 68.4 Å². The van der Waals surface area contributed by atoms with Crippen molar-refractivity contribution in [3.8, 4) is 5.75 Å². The van der Waals surface area contributed by atoms with Crippen LogP contribution < -0.4 is 31.1 Å². The third kappa shape index (κ3) is 7.64. The van der Waals surface area contributed by atoms with Crippen molar-refractivity contribution in [3.05, 3.63) is 69.0 Å². The molecule has 18 heteroatoms. The second-order valence-corrected chi connectivity index (χ2v) is 18.5. The van der Waals surface area contributed by atoms with Crippen LogP contribution in [0, 0.1) is 17.7 Å². The number of ether oxygens (including phenoxy) is 1. The quantitative estimate of drug-likeness (QED) is 0.139. The van der Waals surface area contributed by atoms with Gasteiger partial charge >= 0.3 is 5.92 Å². The van der Waals surface area contributed by atoms with E-state index in [1.165, 1.54) is 10.6 Å². The number of hydrogen-bond acceptors (Lipinski definition) is 11. The maximum absolute atomic E-state index is 15.8. The lowest BCUT2D eigenvalue weighted by Crippen LogP contribution is -2.47. The first kappa shape index (κ1) is 41.6. The minimum absolute atomic E-state index is 0.0649. The molecule has 1 aliphatic carbocycles. The van der Waals surface area contributed by atoms with Gasteiger partial charge in [0.05, 0.1) is 40.6 Å². The maximum atomic E-state index is 15.8. The zero-order valence-electron chi connectivity index (χ0n) is 35.4. The molecule has 0 spiro atoms. The lowest BCUT2D eigenvalue weighted by molar-refractivity contribution is -0.134. The zero-order chi connectivity index (χ0) is 43.9. The van der Waals surface area contributed by atoms with Gasteiger partial charge in [-0.15, -0.1) is 0 Å². The minimum Gasteiger partial charge on any atom is -0.480 e. The van der Waals surface area contributed by atoms with Gasteiger partial charge in [-0.2, -0.15) is 10.1 Å². The maximum Gasteiger partial charge on any atom is 0.301 e. The molecule has 3 aromatic heterocycles. The van der Waals surface area contributed by atoms with Crippen molar-refractivity contribution in [1.82, 2.24) is 34.5 Å². The Morgan fingerprint density at radius 2 is 1.71 bits per heavy atom. The summed E-state index contributed by atoms with van der Waals surface area (Å²) in [7, 11) is 3.41. The van der Waals surface area contributed by atoms with Crippen molar-refractivity contribution in [2.75, 3.05) is 48.3 Å². The Kier molecular flexibility index (Phi) is 10.5. The van der Waals surface area contributed by atoms with E-state index in [2.05, 4.69) is 42.8 Å². The molecule has 5 aromatic rings. The number of rotatable bonds is 8. The summed E-state index contributed by atoms with van der Waals surface area (Å²) in [6.45, 7) is 4.66. The SMILES string of the molecule is CC(C1CCN(c2ncc(Cl)c(Nc3ccc4c(c3)c3c(c(=O)n4C)OCC(F)(F)C(C4CC4)N3)n2)CC1)N1CCC(c2cc3c(cc2F)c(C2CCC(=O)NC2=O)nn3C)CC1. The molecule has 0 radical (unpaired) electrons. The zero-order valence-corrected chi connectivity index (χ0v) is 36.2. The Bertz CT molecular complexity index is 2710. The molecule has 3 N–H and O–H groups in total. The molecule has 4 aliphatic heterocycles. The highest BCUT2D eigenvalue weighted by Crippen LogP contribution is 2.46. The number of pyridine rings is 1. The molecule has 2 amide bonds. The van der Waals surface area contributed by atoms with E-state index in [0.717, 1.165) is 57.4 Å². The fourth-order valence-electron chi connectivity index (χ4n) is 10.4. The monoisotopic (exact) mass is 886 g/mol. The first-order valence-corrected chi connectivity index (χ1v) is 22.3. The summed E-state index contributed by atoms with van der Waals surface area (Å²) in [5, 5.41) is 14.8. The van der Waals surface area contributed by atoms with Crippen molar-refractivity contribution in [2.45, 2.75) is 88.1 Å². The van der Waals surface area contributed by atoms with Gasteiger partial charge in [-0.1, -0.05) is 11.6 Å². The highest BCUT2D eigenvalue weighted by atomic mass is 35.5. The van der Waals surface area contributed by atoms with E-state index < -0.39 is 30.0 Å². The summed E-state index contributed by atoms with van der Waals surface area (Å²) in [6.07, 6.45) is 7.10. The number of fused-ring (bicyclic) bond motifs is 4. The number of alkyl halides is 2. The largest absolute Gasteiger partial charge is 0.480 e. The van der Waals surface area contributed by atoms with Crippen molar-refractivity contribution in [2.24, 2.45) is 25.9 Å². The molecule has 14 nitrogen and oxygen atoms in total. The molecule has 3 saturated heterocycles. The number of aromatic nitrogens is 5. The number of carbonyl (C=O) groups is 2. The molecule has 5 aliphatic rings. The van der Waals surface area contributed by atoms with Gasteiger partial charge in [0.25, 0.3) is 5.56 Å². The van der Waals surface area contributed by atoms with Crippen LogP contribution in [0.1, 0.15) is 81.4 Å². The number of anilines is 4. The number of imide groups is 1. The molecular formula is C45H50ClF3N10O4. The van der Waals surface area contributed by atoms with E-state index in [1.807, 2.05) is 13.1 Å². The first-order chi connectivity index (χ1) is 30.2. The number of halogens is 4. The molecule has 10 rings (SSSR count). The second kappa shape index (κ2) is 16.0. The molecule has 332 valence electrons. The number of carbonyl (C=O) groups excluding carboxylic acids is 2. The van der Waals surface area contributed by atoms with Crippen LogP contribution in [-0.2, 0) is 23.7 Å². The summed E-state index contributed by atoms with van der Waals surface area (Å²) in [5.41, 5.74) is 2.92. The number of aryl methyl sites for hydroxylation is 2. The Labute approximate surface area is 366 Å². The van der Waals surface area contributed by atoms with Crippen molar-refractivity contribution in [1.29, 1.82) is 0 Å². The third-order valence-corrected chi connectivity index (χ3v) is 14.5. The van der Waals surface area contributed by atoms with Crippen molar-refractivity contribution in [3.63, 3.8) is 0 Å². The Hall–Kier alpha value is -5.42. The molecular weight excluding hydrogens is 837 g/mol. The first-order valence-electron chi connectivity index (χ1n) is 22.0. The summed E-state index contributed by atoms with van der Waals surface area (Å²) in [6, 6.07) is 7.97. The van der Waals surface area contributed by atoms with E-state index in [-0.39, 0.29) is 47.3 Å². The van der Waals surface area contributed by atoms with Crippen LogP contribution in [0.15, 0.2) is 41.3 Å². The predicted octanol–water partition coefficient (Wildman–Crippen LogP) is 6.97. The number of nitrogens with zero attached hydrogens (tertiary/aromatic N) is 7. The predicted molar refractivity (Wildman–Crippen MR) is 234 cm³/mol. The highest BCUT2D eigenvalue weighted by Gasteiger charge is 2.51. The van der Waals surface area contributed by atoms with Gasteiger partial charge in [-0.3, -0.25) is 24.4 Å². The topological polar surface area (TPSA) is 152 Å². The van der Waals surface area contributed by atoms with Crippen LogP contribution in [0.2, 0.25) is 5.02 Å². The summed E-state index contributed by atoms with van der Waals surface area (Å²) >= 11 is 6.64. The van der Waals surface area contributed by atoms with Gasteiger partial charge in [-0.05, 0) is 119 Å². The molecule has 0 bridgehead atoms. The normalized spacial score (nSPS) is 22.9. The fourth-order valence-corrected chi connectivity index (χ4v) is 10.5. The van der Waals surface area contributed by atoms with E-state index in [1.54, 1.807) is 36.1 Å². The van der Waals surface area contributed by atoms with Gasteiger partial charge < -0.3 is 29.7 Å². The van der Waals surface area contributed by atoms with Crippen LogP contribution in [-0.4, -0.2) is 91.8 Å². The average molecular weight is 887 g/mol. The van der Waals surface area contributed by atoms with E-state index in [0.29, 0.717) is 81.2 Å². The Balaban J connectivity index is 0.783. The van der Waals surface area contributed by atoms with Crippen LogP contribution in [0.4, 0.5) is 36.3 Å². The molecule has 1 saturated carbocycles. The van der Waals surface area contributed by atoms with Gasteiger partial charge in [0, 0.05) is 56.1 Å². The minimum atomic E-state index is -3.14. The van der Waals surface area contributed by atoms with Gasteiger partial charge in [0.15, 0.2) is 12.4 Å². The number of nitrogens with one attached hydrogen (secondary N) is 3. The molecule has 63 heavy (non-hydrogen) atoms. The van der Waals surface area contributed by atoms with Crippen LogP contribution >= 0.6 is 11.6 Å². The highest BCUT2D eigenvalue weighted by molar-refractivity contribution is 6.33. The Morgan fingerprint density at radius 1 is 0.952 bits per heavy atom. The molecule has 4 fully saturated rings. The van der Waals surface area contributed by atoms with Crippen LogP contribution in [0.25, 0.3) is 21.8 Å². The van der Waals surface area contributed by atoms with E-state index >= 15 is 13.2 Å². The summed E-state index contributed by atoms with van der Waals surface area (Å²) in [5.74, 6) is -3.54. The van der Waals surface area contributed by atoms with E-state index in [9.17, 15) is 14.4 Å². The van der Waals surface area contributed by atoms with Crippen molar-refractivity contribution < 1.29 is 27.5 Å². The summed E-state index contributed by atoms with van der Waals surface area (Å²) in [4.78, 5) is 51.7. The molecule has 2 aromatic carbocycles. The van der Waals surface area contributed by atoms with Crippen LogP contribution in [0.5, 0.6) is 5.75 Å². The third-order valence-electron chi connectivity index (χ3n) is 14.2. The number of benzene rings is 2. The summed E-state index contributed by atoms with van der Waals surface area (Å²) < 4.78 is 54.8. The fraction of sp³-hybridized carbons (Fsp3) is 0.511. The second-order valence-electron chi connectivity index (χ2n) is 18.1. The number of likely N-dealkylation sites (tertiary alicyclic amines) is 1. The van der Waals surface area contributed by atoms with Gasteiger partial charge in [0.1, 0.15) is 10.8 Å².